The molecule has 0 aliphatic carbocycles. The molecule has 118 valence electrons. The lowest BCUT2D eigenvalue weighted by Crippen LogP contribution is -1.92. The third kappa shape index (κ3) is 3.05. The lowest BCUT2D eigenvalue weighted by Gasteiger charge is -2.05. The molecule has 0 unspecified atom stereocenters. The maximum Gasteiger partial charge on any atom is 0.250 e. The van der Waals surface area contributed by atoms with Crippen molar-refractivity contribution in [2.45, 2.75) is 0 Å². The Morgan fingerprint density at radius 2 is 1.09 bits per heavy atom. The third-order valence-electron chi connectivity index (χ3n) is 3.07. The maximum atomic E-state index is 6.01. The van der Waals surface area contributed by atoms with E-state index in [0.717, 1.165) is 0 Å². The largest absolute Gasteiger partial charge is 0.416 e. The van der Waals surface area contributed by atoms with Crippen LogP contribution in [0.5, 0.6) is 0 Å². The van der Waals surface area contributed by atoms with Crippen LogP contribution in [0.3, 0.4) is 0 Å². The summed E-state index contributed by atoms with van der Waals surface area (Å²) in [6.45, 7) is 0. The summed E-state index contributed by atoms with van der Waals surface area (Å²) in [4.78, 5) is 0. The number of nitrogen functional groups attached to an aromatic ring is 2. The standard InChI is InChI=1S/C14H8Cl4N4O/c15-5-1-7(11(19)9(17)3-5)13-21-22-14(23-13)8-2-6(16)4-10(18)12(8)20/h1-4H,19-20H2. The van der Waals surface area contributed by atoms with E-state index in [4.69, 9.17) is 62.3 Å². The highest BCUT2D eigenvalue weighted by Crippen LogP contribution is 2.38. The number of hydrogen-bond acceptors (Lipinski definition) is 5. The van der Waals surface area contributed by atoms with Gasteiger partial charge in [0.15, 0.2) is 0 Å². The van der Waals surface area contributed by atoms with Gasteiger partial charge in [0.05, 0.1) is 32.5 Å². The van der Waals surface area contributed by atoms with E-state index in [0.29, 0.717) is 21.2 Å². The van der Waals surface area contributed by atoms with E-state index in [1.54, 1.807) is 12.1 Å². The van der Waals surface area contributed by atoms with Crippen LogP contribution < -0.4 is 11.5 Å². The topological polar surface area (TPSA) is 91.0 Å². The van der Waals surface area contributed by atoms with Crippen molar-refractivity contribution in [3.63, 3.8) is 0 Å². The van der Waals surface area contributed by atoms with Crippen molar-refractivity contribution in [2.24, 2.45) is 0 Å². The van der Waals surface area contributed by atoms with Crippen molar-refractivity contribution >= 4 is 57.8 Å². The van der Waals surface area contributed by atoms with Crippen molar-refractivity contribution in [1.29, 1.82) is 0 Å². The van der Waals surface area contributed by atoms with Crippen LogP contribution in [0, 0.1) is 0 Å². The molecule has 4 N–H and O–H groups in total. The Morgan fingerprint density at radius 3 is 1.48 bits per heavy atom. The quantitative estimate of drug-likeness (QED) is 0.589. The Labute approximate surface area is 151 Å². The zero-order valence-electron chi connectivity index (χ0n) is 11.3. The van der Waals surface area contributed by atoms with Crippen LogP contribution in [0.25, 0.3) is 22.9 Å². The first-order chi connectivity index (χ1) is 10.9. The first-order valence-electron chi connectivity index (χ1n) is 6.20. The molecule has 23 heavy (non-hydrogen) atoms. The molecule has 3 rings (SSSR count). The van der Waals surface area contributed by atoms with Crippen molar-refractivity contribution < 1.29 is 4.42 Å². The monoisotopic (exact) mass is 388 g/mol. The highest BCUT2D eigenvalue weighted by atomic mass is 35.5. The Kier molecular flexibility index (Phi) is 4.29. The number of nitrogens with two attached hydrogens (primary N) is 2. The lowest BCUT2D eigenvalue weighted by molar-refractivity contribution is 0.585. The van der Waals surface area contributed by atoms with Gasteiger partial charge in [-0.25, -0.2) is 0 Å². The van der Waals surface area contributed by atoms with Gasteiger partial charge in [0.1, 0.15) is 0 Å². The minimum Gasteiger partial charge on any atom is -0.416 e. The van der Waals surface area contributed by atoms with Gasteiger partial charge in [0.2, 0.25) is 11.8 Å². The van der Waals surface area contributed by atoms with Gasteiger partial charge in [-0.3, -0.25) is 0 Å². The number of rotatable bonds is 2. The first-order valence-corrected chi connectivity index (χ1v) is 7.71. The Bertz CT molecular complexity index is 838. The predicted octanol–water partition coefficient (Wildman–Crippen LogP) is 5.18. The van der Waals surface area contributed by atoms with Gasteiger partial charge in [-0.2, -0.15) is 0 Å². The molecule has 0 spiro atoms. The maximum absolute atomic E-state index is 6.01. The van der Waals surface area contributed by atoms with Crippen LogP contribution in [0.2, 0.25) is 20.1 Å². The van der Waals surface area contributed by atoms with E-state index < -0.39 is 0 Å². The zero-order chi connectivity index (χ0) is 16.7. The van der Waals surface area contributed by atoms with Gasteiger partial charge in [0, 0.05) is 10.0 Å². The van der Waals surface area contributed by atoms with Gasteiger partial charge in [-0.1, -0.05) is 46.4 Å². The zero-order valence-corrected chi connectivity index (χ0v) is 14.3. The molecule has 0 amide bonds. The van der Waals surface area contributed by atoms with E-state index in [2.05, 4.69) is 10.2 Å². The molecule has 2 aromatic carbocycles. The molecule has 0 saturated carbocycles. The van der Waals surface area contributed by atoms with Crippen LogP contribution in [0.15, 0.2) is 28.7 Å². The van der Waals surface area contributed by atoms with Crippen LogP contribution in [-0.4, -0.2) is 10.2 Å². The molecule has 3 aromatic rings. The van der Waals surface area contributed by atoms with Crippen molar-refractivity contribution in [3.8, 4) is 22.9 Å². The predicted molar refractivity (Wildman–Crippen MR) is 94.0 cm³/mol. The molecule has 0 fully saturated rings. The van der Waals surface area contributed by atoms with Crippen LogP contribution in [-0.2, 0) is 0 Å². The molecule has 0 radical (unpaired) electrons. The number of nitrogens with zero attached hydrogens (tertiary/aromatic N) is 2. The summed E-state index contributed by atoms with van der Waals surface area (Å²) < 4.78 is 5.62. The second kappa shape index (κ2) is 6.09. The van der Waals surface area contributed by atoms with Crippen LogP contribution in [0.4, 0.5) is 11.4 Å². The summed E-state index contributed by atoms with van der Waals surface area (Å²) in [5.41, 5.74) is 13.3. The van der Waals surface area contributed by atoms with Gasteiger partial charge in [-0.05, 0) is 24.3 Å². The fraction of sp³-hybridized carbons (Fsp3) is 0. The summed E-state index contributed by atoms with van der Waals surface area (Å²) in [7, 11) is 0. The molecule has 1 aromatic heterocycles. The highest BCUT2D eigenvalue weighted by Gasteiger charge is 2.18. The second-order valence-electron chi connectivity index (χ2n) is 4.61. The number of aromatic nitrogens is 2. The van der Waals surface area contributed by atoms with E-state index in [-0.39, 0.29) is 33.2 Å². The summed E-state index contributed by atoms with van der Waals surface area (Å²) in [6.07, 6.45) is 0. The smallest absolute Gasteiger partial charge is 0.250 e. The van der Waals surface area contributed by atoms with Crippen molar-refractivity contribution in [2.75, 3.05) is 11.5 Å². The summed E-state index contributed by atoms with van der Waals surface area (Å²) >= 11 is 24.0. The van der Waals surface area contributed by atoms with Gasteiger partial charge < -0.3 is 15.9 Å². The Hall–Kier alpha value is -1.66. The van der Waals surface area contributed by atoms with E-state index in [9.17, 15) is 0 Å². The highest BCUT2D eigenvalue weighted by molar-refractivity contribution is 6.37. The summed E-state index contributed by atoms with van der Waals surface area (Å²) in [5.74, 6) is 0.301. The Morgan fingerprint density at radius 1 is 0.696 bits per heavy atom. The molecular formula is C14H8Cl4N4O. The molecule has 0 bridgehead atoms. The molecule has 5 nitrogen and oxygen atoms in total. The molecular weight excluding hydrogens is 382 g/mol. The number of benzene rings is 2. The van der Waals surface area contributed by atoms with Gasteiger partial charge in [-0.15, -0.1) is 10.2 Å². The lowest BCUT2D eigenvalue weighted by atomic mass is 10.1. The molecule has 0 saturated heterocycles. The number of halogens is 4. The molecule has 1 heterocycles. The normalized spacial score (nSPS) is 11.0. The first kappa shape index (κ1) is 16.2. The molecule has 9 heteroatoms. The SMILES string of the molecule is Nc1c(Cl)cc(Cl)cc1-c1nnc(-c2cc(Cl)cc(Cl)c2N)o1. The molecule has 0 aliphatic rings. The van der Waals surface area contributed by atoms with Gasteiger partial charge >= 0.3 is 0 Å². The number of hydrogen-bond donors (Lipinski definition) is 2. The Balaban J connectivity index is 2.12. The van der Waals surface area contributed by atoms with Crippen molar-refractivity contribution in [3.05, 3.63) is 44.4 Å². The third-order valence-corrected chi connectivity index (χ3v) is 4.14. The second-order valence-corrected chi connectivity index (χ2v) is 6.30. The van der Waals surface area contributed by atoms with E-state index >= 15 is 0 Å². The summed E-state index contributed by atoms with van der Waals surface area (Å²) in [5, 5.41) is 9.27. The summed E-state index contributed by atoms with van der Waals surface area (Å²) in [6, 6.07) is 6.20. The van der Waals surface area contributed by atoms with Gasteiger partial charge in [0.25, 0.3) is 0 Å². The fourth-order valence-electron chi connectivity index (χ4n) is 1.96. The fourth-order valence-corrected chi connectivity index (χ4v) is 2.95. The van der Waals surface area contributed by atoms with Crippen LogP contribution in [0.1, 0.15) is 0 Å². The molecule has 0 aliphatic heterocycles. The minimum atomic E-state index is 0.150. The average molecular weight is 390 g/mol. The molecule has 0 atom stereocenters. The number of anilines is 2. The van der Waals surface area contributed by atoms with E-state index in [1.807, 2.05) is 0 Å². The van der Waals surface area contributed by atoms with E-state index in [1.165, 1.54) is 12.1 Å². The minimum absolute atomic E-state index is 0.150. The average Bonchev–Trinajstić information content (AvgIpc) is 2.96. The van der Waals surface area contributed by atoms with Crippen molar-refractivity contribution in [1.82, 2.24) is 10.2 Å². The van der Waals surface area contributed by atoms with Crippen LogP contribution >= 0.6 is 46.4 Å².